The van der Waals surface area contributed by atoms with Gasteiger partial charge in [-0.25, -0.2) is 9.78 Å². The maximum atomic E-state index is 12.1. The fourth-order valence-corrected chi connectivity index (χ4v) is 2.30. The van der Waals surface area contributed by atoms with Crippen LogP contribution in [0.4, 0.5) is 22.0 Å². The Bertz CT molecular complexity index is 798. The number of pyridine rings is 1. The Kier molecular flexibility index (Phi) is 5.59. The molecule has 0 aliphatic rings. The zero-order chi connectivity index (χ0) is 19.5. The first-order valence-corrected chi connectivity index (χ1v) is 8.38. The van der Waals surface area contributed by atoms with E-state index in [2.05, 4.69) is 10.3 Å². The zero-order valence-corrected chi connectivity index (χ0v) is 15.8. The van der Waals surface area contributed by atoms with E-state index in [1.165, 1.54) is 6.20 Å². The average molecular weight is 358 g/mol. The Balaban J connectivity index is 2.25. The fraction of sp³-hybridized carbons (Fsp3) is 0.368. The summed E-state index contributed by atoms with van der Waals surface area (Å²) < 4.78 is 11.1. The minimum Gasteiger partial charge on any atom is -0.455 e. The predicted octanol–water partition coefficient (Wildman–Crippen LogP) is 4.51. The number of hydrogen-bond acceptors (Lipinski definition) is 6. The zero-order valence-electron chi connectivity index (χ0n) is 15.8. The Morgan fingerprint density at radius 3 is 2.50 bits per heavy atom. The second-order valence-electron chi connectivity index (χ2n) is 7.24. The van der Waals surface area contributed by atoms with Crippen molar-refractivity contribution >= 4 is 23.3 Å². The molecule has 0 unspecified atom stereocenters. The standard InChI is InChI=1S/C19H26N4O3/c1-11(2)13-10-12(25-15-8-9-22-17(21)16(15)20)6-7-14(13)23-18(24)26-19(3,4)5/h6-11H,20H2,1-5H3,(H2,21,22)(H,23,24). The van der Waals surface area contributed by atoms with Crippen molar-refractivity contribution in [1.29, 1.82) is 0 Å². The average Bonchev–Trinajstić information content (AvgIpc) is 2.51. The highest BCUT2D eigenvalue weighted by Gasteiger charge is 2.18. The van der Waals surface area contributed by atoms with Gasteiger partial charge in [-0.3, -0.25) is 5.32 Å². The van der Waals surface area contributed by atoms with Gasteiger partial charge >= 0.3 is 6.09 Å². The molecule has 7 nitrogen and oxygen atoms in total. The lowest BCUT2D eigenvalue weighted by molar-refractivity contribution is 0.0635. The maximum absolute atomic E-state index is 12.1. The molecule has 7 heteroatoms. The highest BCUT2D eigenvalue weighted by atomic mass is 16.6. The first-order chi connectivity index (χ1) is 12.1. The number of hydrogen-bond donors (Lipinski definition) is 3. The second kappa shape index (κ2) is 7.51. The summed E-state index contributed by atoms with van der Waals surface area (Å²) in [4.78, 5) is 16.0. The number of anilines is 3. The smallest absolute Gasteiger partial charge is 0.412 e. The molecule has 0 atom stereocenters. The summed E-state index contributed by atoms with van der Waals surface area (Å²) in [6.45, 7) is 9.50. The molecule has 1 heterocycles. The molecular formula is C19H26N4O3. The highest BCUT2D eigenvalue weighted by molar-refractivity contribution is 5.86. The summed E-state index contributed by atoms with van der Waals surface area (Å²) in [7, 11) is 0. The van der Waals surface area contributed by atoms with Gasteiger partial charge in [0, 0.05) is 18.0 Å². The number of carbonyl (C=O) groups excluding carboxylic acids is 1. The highest BCUT2D eigenvalue weighted by Crippen LogP contribution is 2.34. The lowest BCUT2D eigenvalue weighted by Gasteiger charge is -2.21. The number of amides is 1. The third-order valence-electron chi connectivity index (χ3n) is 3.49. The number of nitrogens with zero attached hydrogens (tertiary/aromatic N) is 1. The van der Waals surface area contributed by atoms with Crippen LogP contribution < -0.4 is 21.5 Å². The van der Waals surface area contributed by atoms with Crippen LogP contribution in [-0.2, 0) is 4.74 Å². The molecule has 26 heavy (non-hydrogen) atoms. The Morgan fingerprint density at radius 2 is 1.88 bits per heavy atom. The molecule has 0 fully saturated rings. The monoisotopic (exact) mass is 358 g/mol. The molecular weight excluding hydrogens is 332 g/mol. The number of rotatable bonds is 4. The molecule has 2 aromatic rings. The van der Waals surface area contributed by atoms with Crippen LogP contribution in [0.1, 0.15) is 46.1 Å². The van der Waals surface area contributed by atoms with Crippen LogP contribution in [0.5, 0.6) is 11.5 Å². The van der Waals surface area contributed by atoms with Crippen LogP contribution in [0.15, 0.2) is 30.5 Å². The quantitative estimate of drug-likeness (QED) is 0.741. The van der Waals surface area contributed by atoms with Crippen LogP contribution in [0.2, 0.25) is 0 Å². The number of aromatic nitrogens is 1. The number of benzene rings is 1. The fourth-order valence-electron chi connectivity index (χ4n) is 2.30. The Labute approximate surface area is 153 Å². The Hall–Kier alpha value is -2.96. The van der Waals surface area contributed by atoms with Crippen molar-refractivity contribution in [2.75, 3.05) is 16.8 Å². The molecule has 2 rings (SSSR count). The van der Waals surface area contributed by atoms with Gasteiger partial charge in [0.2, 0.25) is 0 Å². The lowest BCUT2D eigenvalue weighted by Crippen LogP contribution is -2.27. The van der Waals surface area contributed by atoms with Crippen molar-refractivity contribution in [3.05, 3.63) is 36.0 Å². The van der Waals surface area contributed by atoms with E-state index < -0.39 is 11.7 Å². The van der Waals surface area contributed by atoms with Gasteiger partial charge in [-0.15, -0.1) is 0 Å². The van der Waals surface area contributed by atoms with Crippen LogP contribution in [0.25, 0.3) is 0 Å². The van der Waals surface area contributed by atoms with E-state index in [-0.39, 0.29) is 17.4 Å². The summed E-state index contributed by atoms with van der Waals surface area (Å²) >= 11 is 0. The van der Waals surface area contributed by atoms with Crippen LogP contribution in [-0.4, -0.2) is 16.7 Å². The third-order valence-corrected chi connectivity index (χ3v) is 3.49. The molecule has 0 saturated carbocycles. The predicted molar refractivity (Wildman–Crippen MR) is 104 cm³/mol. The molecule has 140 valence electrons. The molecule has 1 aromatic carbocycles. The SMILES string of the molecule is CC(C)c1cc(Oc2ccnc(N)c2N)ccc1NC(=O)OC(C)(C)C. The summed E-state index contributed by atoms with van der Waals surface area (Å²) in [5, 5.41) is 2.79. The minimum absolute atomic E-state index is 0.156. The number of ether oxygens (including phenoxy) is 2. The van der Waals surface area contributed by atoms with E-state index in [9.17, 15) is 4.79 Å². The van der Waals surface area contributed by atoms with Crippen LogP contribution in [0.3, 0.4) is 0 Å². The number of carbonyl (C=O) groups is 1. The van der Waals surface area contributed by atoms with Crippen molar-refractivity contribution in [2.45, 2.75) is 46.1 Å². The molecule has 1 amide bonds. The van der Waals surface area contributed by atoms with Crippen molar-refractivity contribution in [1.82, 2.24) is 4.98 Å². The van der Waals surface area contributed by atoms with Gasteiger partial charge in [-0.05, 0) is 50.5 Å². The Morgan fingerprint density at radius 1 is 1.19 bits per heavy atom. The lowest BCUT2D eigenvalue weighted by atomic mass is 10.0. The van der Waals surface area contributed by atoms with Gasteiger partial charge < -0.3 is 20.9 Å². The molecule has 0 saturated heterocycles. The van der Waals surface area contributed by atoms with Gasteiger partial charge in [0.15, 0.2) is 5.75 Å². The van der Waals surface area contributed by atoms with Crippen LogP contribution >= 0.6 is 0 Å². The van der Waals surface area contributed by atoms with Gasteiger partial charge in [0.05, 0.1) is 0 Å². The van der Waals surface area contributed by atoms with E-state index in [4.69, 9.17) is 20.9 Å². The van der Waals surface area contributed by atoms with E-state index in [0.717, 1.165) is 5.56 Å². The molecule has 1 aromatic heterocycles. The topological polar surface area (TPSA) is 112 Å². The van der Waals surface area contributed by atoms with Gasteiger partial charge in [0.1, 0.15) is 22.9 Å². The second-order valence-corrected chi connectivity index (χ2v) is 7.24. The van der Waals surface area contributed by atoms with Gasteiger partial charge in [0.25, 0.3) is 0 Å². The number of nitrogens with one attached hydrogen (secondary N) is 1. The van der Waals surface area contributed by atoms with E-state index in [0.29, 0.717) is 17.2 Å². The third kappa shape index (κ3) is 5.02. The summed E-state index contributed by atoms with van der Waals surface area (Å²) in [5.74, 6) is 1.39. The summed E-state index contributed by atoms with van der Waals surface area (Å²) in [5.41, 5.74) is 12.9. The molecule has 0 bridgehead atoms. The molecule has 5 N–H and O–H groups in total. The van der Waals surface area contributed by atoms with Crippen molar-refractivity contribution in [3.63, 3.8) is 0 Å². The maximum Gasteiger partial charge on any atom is 0.412 e. The normalized spacial score (nSPS) is 11.3. The molecule has 0 radical (unpaired) electrons. The van der Waals surface area contributed by atoms with Crippen molar-refractivity contribution < 1.29 is 14.3 Å². The van der Waals surface area contributed by atoms with Crippen LogP contribution in [0, 0.1) is 0 Å². The van der Waals surface area contributed by atoms with E-state index in [1.54, 1.807) is 18.2 Å². The first-order valence-electron chi connectivity index (χ1n) is 8.38. The first kappa shape index (κ1) is 19.4. The van der Waals surface area contributed by atoms with Gasteiger partial charge in [-0.2, -0.15) is 0 Å². The van der Waals surface area contributed by atoms with Crippen molar-refractivity contribution in [3.8, 4) is 11.5 Å². The molecule has 0 aliphatic heterocycles. The summed E-state index contributed by atoms with van der Waals surface area (Å²) in [6, 6.07) is 7.02. The van der Waals surface area contributed by atoms with E-state index in [1.807, 2.05) is 40.7 Å². The molecule has 0 spiro atoms. The largest absolute Gasteiger partial charge is 0.455 e. The summed E-state index contributed by atoms with van der Waals surface area (Å²) in [6.07, 6.45) is 1.03. The number of nitrogens with two attached hydrogens (primary N) is 2. The minimum atomic E-state index is -0.566. The van der Waals surface area contributed by atoms with Gasteiger partial charge in [-0.1, -0.05) is 13.8 Å². The molecule has 0 aliphatic carbocycles. The van der Waals surface area contributed by atoms with E-state index >= 15 is 0 Å². The van der Waals surface area contributed by atoms with Crippen molar-refractivity contribution in [2.24, 2.45) is 0 Å². The number of nitrogen functional groups attached to an aromatic ring is 2.